The summed E-state index contributed by atoms with van der Waals surface area (Å²) >= 11 is 0. The van der Waals surface area contributed by atoms with Crippen molar-refractivity contribution >= 4 is 21.6 Å². The van der Waals surface area contributed by atoms with Gasteiger partial charge in [0.15, 0.2) is 0 Å². The number of amides is 1. The van der Waals surface area contributed by atoms with E-state index in [1.54, 1.807) is 18.2 Å². The van der Waals surface area contributed by atoms with E-state index in [4.69, 9.17) is 4.74 Å². The minimum Gasteiger partial charge on any atom is -0.492 e. The first kappa shape index (κ1) is 25.1. The zero-order chi connectivity index (χ0) is 23.7. The van der Waals surface area contributed by atoms with Gasteiger partial charge in [-0.2, -0.15) is 0 Å². The lowest BCUT2D eigenvalue weighted by Crippen LogP contribution is -2.32. The molecule has 1 fully saturated rings. The van der Waals surface area contributed by atoms with Gasteiger partial charge >= 0.3 is 0 Å². The van der Waals surface area contributed by atoms with Crippen molar-refractivity contribution in [2.24, 2.45) is 0 Å². The Morgan fingerprint density at radius 2 is 1.82 bits per heavy atom. The molecule has 1 aliphatic rings. The highest BCUT2D eigenvalue weighted by atomic mass is 32.2. The highest BCUT2D eigenvalue weighted by molar-refractivity contribution is 7.92. The van der Waals surface area contributed by atoms with Gasteiger partial charge in [-0.05, 0) is 62.5 Å². The molecule has 1 aliphatic heterocycles. The molecule has 7 nitrogen and oxygen atoms in total. The molecule has 33 heavy (non-hydrogen) atoms. The van der Waals surface area contributed by atoms with Crippen LogP contribution in [0.2, 0.25) is 0 Å². The lowest BCUT2D eigenvalue weighted by atomic mass is 10.1. The van der Waals surface area contributed by atoms with Crippen LogP contribution in [0.1, 0.15) is 43.7 Å². The molecule has 1 N–H and O–H groups in total. The Balaban J connectivity index is 1.51. The van der Waals surface area contributed by atoms with Gasteiger partial charge in [-0.3, -0.25) is 14.0 Å². The van der Waals surface area contributed by atoms with Crippen LogP contribution in [0.5, 0.6) is 5.75 Å². The summed E-state index contributed by atoms with van der Waals surface area (Å²) in [6.07, 6.45) is 4.36. The van der Waals surface area contributed by atoms with E-state index in [2.05, 4.69) is 22.3 Å². The summed E-state index contributed by atoms with van der Waals surface area (Å²) in [5.41, 5.74) is 2.83. The number of carbonyl (C=O) groups is 1. The molecule has 0 aliphatic carbocycles. The number of rotatable bonds is 12. The standard InChI is InChI=1S/C25H35N3O4S/c1-3-32-24-13-5-4-12-23(24)28(33(2,30)31)17-9-14-25(29)26-19-21-10-8-11-22(18-21)20-27-15-6-7-16-27/h4-5,8,10-13,18H,3,6-7,9,14-17,19-20H2,1-2H3,(H,26,29). The van der Waals surface area contributed by atoms with Gasteiger partial charge in [-0.1, -0.05) is 36.4 Å². The van der Waals surface area contributed by atoms with E-state index in [0.717, 1.165) is 25.2 Å². The molecule has 2 aromatic rings. The number of para-hydroxylation sites is 2. The van der Waals surface area contributed by atoms with Crippen LogP contribution in [-0.4, -0.2) is 51.7 Å². The summed E-state index contributed by atoms with van der Waals surface area (Å²) in [5.74, 6) is 0.426. The Kier molecular flexibility index (Phi) is 9.14. The second kappa shape index (κ2) is 12.0. The molecule has 0 unspecified atom stereocenters. The van der Waals surface area contributed by atoms with Crippen LogP contribution in [0, 0.1) is 0 Å². The third-order valence-corrected chi connectivity index (χ3v) is 6.87. The first-order valence-electron chi connectivity index (χ1n) is 11.6. The van der Waals surface area contributed by atoms with Gasteiger partial charge in [-0.15, -0.1) is 0 Å². The summed E-state index contributed by atoms with van der Waals surface area (Å²) < 4.78 is 31.7. The Bertz CT molecular complexity index is 1020. The van der Waals surface area contributed by atoms with Gasteiger partial charge in [0.2, 0.25) is 15.9 Å². The first-order valence-corrected chi connectivity index (χ1v) is 13.5. The van der Waals surface area contributed by atoms with E-state index >= 15 is 0 Å². The summed E-state index contributed by atoms with van der Waals surface area (Å²) in [5, 5.41) is 2.96. The highest BCUT2D eigenvalue weighted by Crippen LogP contribution is 2.30. The van der Waals surface area contributed by atoms with Crippen molar-refractivity contribution in [1.29, 1.82) is 0 Å². The van der Waals surface area contributed by atoms with Crippen molar-refractivity contribution < 1.29 is 17.9 Å². The van der Waals surface area contributed by atoms with Crippen LogP contribution in [0.25, 0.3) is 0 Å². The van der Waals surface area contributed by atoms with E-state index in [9.17, 15) is 13.2 Å². The predicted octanol–water partition coefficient (Wildman–Crippen LogP) is 3.54. The maximum absolute atomic E-state index is 12.4. The van der Waals surface area contributed by atoms with Gasteiger partial charge in [0.1, 0.15) is 5.75 Å². The zero-order valence-electron chi connectivity index (χ0n) is 19.6. The topological polar surface area (TPSA) is 79.0 Å². The van der Waals surface area contributed by atoms with Crippen molar-refractivity contribution in [3.05, 3.63) is 59.7 Å². The Morgan fingerprint density at radius 3 is 2.55 bits per heavy atom. The number of ether oxygens (including phenoxy) is 1. The van der Waals surface area contributed by atoms with E-state index in [1.807, 2.05) is 25.1 Å². The van der Waals surface area contributed by atoms with Crippen LogP contribution < -0.4 is 14.4 Å². The summed E-state index contributed by atoms with van der Waals surface area (Å²) in [7, 11) is -3.51. The van der Waals surface area contributed by atoms with E-state index in [0.29, 0.717) is 31.0 Å². The van der Waals surface area contributed by atoms with Crippen LogP contribution in [0.4, 0.5) is 5.69 Å². The minimum absolute atomic E-state index is 0.0912. The number of nitrogens with zero attached hydrogens (tertiary/aromatic N) is 2. The number of likely N-dealkylation sites (tertiary alicyclic amines) is 1. The zero-order valence-corrected chi connectivity index (χ0v) is 20.4. The van der Waals surface area contributed by atoms with Gasteiger partial charge in [-0.25, -0.2) is 8.42 Å². The predicted molar refractivity (Wildman–Crippen MR) is 132 cm³/mol. The summed E-state index contributed by atoms with van der Waals surface area (Å²) in [6, 6.07) is 15.4. The van der Waals surface area contributed by atoms with Crippen LogP contribution in [0.3, 0.4) is 0 Å². The van der Waals surface area contributed by atoms with Crippen molar-refractivity contribution in [1.82, 2.24) is 10.2 Å². The maximum atomic E-state index is 12.4. The summed E-state index contributed by atoms with van der Waals surface area (Å²) in [6.45, 7) is 6.23. The fraction of sp³-hybridized carbons (Fsp3) is 0.480. The SMILES string of the molecule is CCOc1ccccc1N(CCCC(=O)NCc1cccc(CN2CCCC2)c1)S(C)(=O)=O. The Morgan fingerprint density at radius 1 is 1.09 bits per heavy atom. The molecule has 8 heteroatoms. The van der Waals surface area contributed by atoms with E-state index in [-0.39, 0.29) is 18.9 Å². The van der Waals surface area contributed by atoms with Crippen LogP contribution in [-0.2, 0) is 27.9 Å². The number of sulfonamides is 1. The first-order chi connectivity index (χ1) is 15.9. The maximum Gasteiger partial charge on any atom is 0.232 e. The van der Waals surface area contributed by atoms with Crippen LogP contribution >= 0.6 is 0 Å². The number of nitrogens with one attached hydrogen (secondary N) is 1. The molecule has 2 aromatic carbocycles. The molecule has 0 spiro atoms. The highest BCUT2D eigenvalue weighted by Gasteiger charge is 2.21. The number of benzene rings is 2. The Hall–Kier alpha value is -2.58. The number of hydrogen-bond donors (Lipinski definition) is 1. The molecule has 180 valence electrons. The number of carbonyl (C=O) groups excluding carboxylic acids is 1. The third kappa shape index (κ3) is 7.75. The molecule has 0 radical (unpaired) electrons. The second-order valence-electron chi connectivity index (χ2n) is 8.42. The molecule has 3 rings (SSSR count). The molecular formula is C25H35N3O4S. The fourth-order valence-corrected chi connectivity index (χ4v) is 5.08. The molecule has 0 bridgehead atoms. The van der Waals surface area contributed by atoms with Crippen molar-refractivity contribution in [2.75, 3.05) is 36.8 Å². The molecule has 1 amide bonds. The normalized spacial score (nSPS) is 14.2. The molecule has 0 atom stereocenters. The van der Waals surface area contributed by atoms with Gasteiger partial charge in [0.05, 0.1) is 18.6 Å². The third-order valence-electron chi connectivity index (χ3n) is 5.69. The summed E-state index contributed by atoms with van der Waals surface area (Å²) in [4.78, 5) is 14.9. The lowest BCUT2D eigenvalue weighted by molar-refractivity contribution is -0.121. The van der Waals surface area contributed by atoms with Gasteiger partial charge in [0.25, 0.3) is 0 Å². The number of anilines is 1. The Labute approximate surface area is 197 Å². The number of hydrogen-bond acceptors (Lipinski definition) is 5. The average molecular weight is 474 g/mol. The molecule has 1 heterocycles. The molecule has 0 saturated carbocycles. The quantitative estimate of drug-likeness (QED) is 0.510. The monoisotopic (exact) mass is 473 g/mol. The average Bonchev–Trinajstić information content (AvgIpc) is 3.29. The fourth-order valence-electron chi connectivity index (χ4n) is 4.11. The largest absolute Gasteiger partial charge is 0.492 e. The van der Waals surface area contributed by atoms with E-state index in [1.165, 1.54) is 29.0 Å². The van der Waals surface area contributed by atoms with Crippen molar-refractivity contribution in [3.8, 4) is 5.75 Å². The second-order valence-corrected chi connectivity index (χ2v) is 10.3. The van der Waals surface area contributed by atoms with Crippen LogP contribution in [0.15, 0.2) is 48.5 Å². The van der Waals surface area contributed by atoms with E-state index < -0.39 is 10.0 Å². The van der Waals surface area contributed by atoms with Gasteiger partial charge < -0.3 is 10.1 Å². The smallest absolute Gasteiger partial charge is 0.232 e. The molecular weight excluding hydrogens is 438 g/mol. The minimum atomic E-state index is -3.51. The molecule has 0 aromatic heterocycles. The molecule has 1 saturated heterocycles. The van der Waals surface area contributed by atoms with Crippen molar-refractivity contribution in [2.45, 2.75) is 45.7 Å². The lowest BCUT2D eigenvalue weighted by Gasteiger charge is -2.24. The van der Waals surface area contributed by atoms with Crippen molar-refractivity contribution in [3.63, 3.8) is 0 Å². The van der Waals surface area contributed by atoms with Gasteiger partial charge in [0, 0.05) is 26.1 Å².